The Morgan fingerprint density at radius 3 is 2.44 bits per heavy atom. The molecule has 0 aliphatic rings. The first-order valence-electron chi connectivity index (χ1n) is 7.02. The highest BCUT2D eigenvalue weighted by atomic mass is 32.1. The van der Waals surface area contributed by atoms with Gasteiger partial charge in [0.1, 0.15) is 0 Å². The van der Waals surface area contributed by atoms with Crippen molar-refractivity contribution in [3.63, 3.8) is 0 Å². The Hall–Kier alpha value is -0.380. The van der Waals surface area contributed by atoms with E-state index >= 15 is 0 Å². The molecule has 0 saturated heterocycles. The number of aliphatic hydroxyl groups is 1. The Bertz CT molecular complexity index is 321. The van der Waals surface area contributed by atoms with Crippen LogP contribution < -0.4 is 0 Å². The van der Waals surface area contributed by atoms with Gasteiger partial charge in [-0.15, -0.1) is 0 Å². The van der Waals surface area contributed by atoms with E-state index in [2.05, 4.69) is 49.4 Å². The molecular weight excluding hydrogens is 242 g/mol. The van der Waals surface area contributed by atoms with Crippen molar-refractivity contribution in [2.75, 3.05) is 13.1 Å². The molecule has 0 saturated carbocycles. The quantitative estimate of drug-likeness (QED) is 0.780. The molecule has 0 amide bonds. The maximum absolute atomic E-state index is 10.6. The van der Waals surface area contributed by atoms with E-state index in [4.69, 9.17) is 0 Å². The lowest BCUT2D eigenvalue weighted by Crippen LogP contribution is -2.54. The zero-order valence-corrected chi connectivity index (χ0v) is 13.0. The van der Waals surface area contributed by atoms with Crippen LogP contribution in [-0.2, 0) is 6.42 Å². The van der Waals surface area contributed by atoms with Crippen LogP contribution in [0.1, 0.15) is 46.1 Å². The first-order valence-corrected chi connectivity index (χ1v) is 7.96. The van der Waals surface area contributed by atoms with E-state index in [-0.39, 0.29) is 11.6 Å². The number of hydrogen-bond donors (Lipinski definition) is 1. The van der Waals surface area contributed by atoms with Crippen LogP contribution in [0.3, 0.4) is 0 Å². The molecule has 2 nitrogen and oxygen atoms in total. The fourth-order valence-electron chi connectivity index (χ4n) is 2.67. The Balaban J connectivity index is 2.63. The second-order valence-corrected chi connectivity index (χ2v) is 5.85. The molecule has 0 aromatic carbocycles. The van der Waals surface area contributed by atoms with Gasteiger partial charge >= 0.3 is 0 Å². The van der Waals surface area contributed by atoms with Crippen molar-refractivity contribution >= 4 is 11.3 Å². The molecular formula is C15H27NOS. The van der Waals surface area contributed by atoms with Gasteiger partial charge in [-0.05, 0) is 61.7 Å². The summed E-state index contributed by atoms with van der Waals surface area (Å²) >= 11 is 1.73. The van der Waals surface area contributed by atoms with E-state index in [0.717, 1.165) is 32.4 Å². The minimum Gasteiger partial charge on any atom is -0.391 e. The summed E-state index contributed by atoms with van der Waals surface area (Å²) in [7, 11) is 0. The first kappa shape index (κ1) is 15.7. The Morgan fingerprint density at radius 2 is 2.00 bits per heavy atom. The van der Waals surface area contributed by atoms with Gasteiger partial charge in [-0.1, -0.05) is 20.8 Å². The molecule has 0 aliphatic heterocycles. The summed E-state index contributed by atoms with van der Waals surface area (Å²) in [5.41, 5.74) is 1.25. The highest BCUT2D eigenvalue weighted by Crippen LogP contribution is 2.26. The van der Waals surface area contributed by atoms with E-state index < -0.39 is 0 Å². The van der Waals surface area contributed by atoms with E-state index in [0.29, 0.717) is 0 Å². The van der Waals surface area contributed by atoms with Crippen LogP contribution in [0.15, 0.2) is 16.8 Å². The van der Waals surface area contributed by atoms with Gasteiger partial charge in [0, 0.05) is 5.54 Å². The largest absolute Gasteiger partial charge is 0.391 e. The van der Waals surface area contributed by atoms with E-state index in [1.807, 2.05) is 0 Å². The minimum atomic E-state index is -0.262. The van der Waals surface area contributed by atoms with Crippen molar-refractivity contribution in [2.24, 2.45) is 0 Å². The Labute approximate surface area is 116 Å². The van der Waals surface area contributed by atoms with Crippen LogP contribution in [-0.4, -0.2) is 34.7 Å². The fraction of sp³-hybridized carbons (Fsp3) is 0.733. The zero-order chi connectivity index (χ0) is 13.6. The summed E-state index contributed by atoms with van der Waals surface area (Å²) in [4.78, 5) is 2.38. The summed E-state index contributed by atoms with van der Waals surface area (Å²) in [5.74, 6) is 0. The van der Waals surface area contributed by atoms with Crippen molar-refractivity contribution in [3.8, 4) is 0 Å². The van der Waals surface area contributed by atoms with Crippen LogP contribution in [0.2, 0.25) is 0 Å². The normalized spacial score (nSPS) is 16.8. The molecule has 2 atom stereocenters. The first-order chi connectivity index (χ1) is 8.58. The standard InChI is InChI=1S/C15H27NOS/c1-5-15(4,16(6-2)7-3)14(17)9-8-13-10-11-18-12-13/h10-12,14,17H,5-9H2,1-4H3. The third kappa shape index (κ3) is 3.56. The van der Waals surface area contributed by atoms with Gasteiger partial charge in [0.25, 0.3) is 0 Å². The van der Waals surface area contributed by atoms with Crippen molar-refractivity contribution < 1.29 is 5.11 Å². The lowest BCUT2D eigenvalue weighted by Gasteiger charge is -2.43. The van der Waals surface area contributed by atoms with Crippen LogP contribution in [0.25, 0.3) is 0 Å². The molecule has 0 fully saturated rings. The Kier molecular flexibility index (Phi) is 6.33. The zero-order valence-electron chi connectivity index (χ0n) is 12.1. The van der Waals surface area contributed by atoms with E-state index in [9.17, 15) is 5.11 Å². The van der Waals surface area contributed by atoms with Crippen LogP contribution in [0.4, 0.5) is 0 Å². The van der Waals surface area contributed by atoms with E-state index in [1.165, 1.54) is 5.56 Å². The summed E-state index contributed by atoms with van der Waals surface area (Å²) < 4.78 is 0. The second kappa shape index (κ2) is 7.27. The van der Waals surface area contributed by atoms with Crippen molar-refractivity contribution in [3.05, 3.63) is 22.4 Å². The number of aryl methyl sites for hydroxylation is 1. The average Bonchev–Trinajstić information content (AvgIpc) is 2.90. The van der Waals surface area contributed by atoms with Gasteiger partial charge in [-0.25, -0.2) is 0 Å². The topological polar surface area (TPSA) is 23.5 Å². The lowest BCUT2D eigenvalue weighted by atomic mass is 9.86. The van der Waals surface area contributed by atoms with Crippen LogP contribution in [0.5, 0.6) is 0 Å². The number of likely N-dealkylation sites (N-methyl/N-ethyl adjacent to an activating group) is 1. The average molecular weight is 269 g/mol. The SMILES string of the molecule is CCN(CC)C(C)(CC)C(O)CCc1ccsc1. The number of nitrogens with zero attached hydrogens (tertiary/aromatic N) is 1. The fourth-order valence-corrected chi connectivity index (χ4v) is 3.37. The van der Waals surface area contributed by atoms with Gasteiger partial charge in [-0.2, -0.15) is 11.3 Å². The molecule has 1 aromatic rings. The molecule has 1 N–H and O–H groups in total. The molecule has 1 heterocycles. The molecule has 2 unspecified atom stereocenters. The number of hydrogen-bond acceptors (Lipinski definition) is 3. The highest BCUT2D eigenvalue weighted by Gasteiger charge is 2.35. The summed E-state index contributed by atoms with van der Waals surface area (Å²) in [5, 5.41) is 14.8. The lowest BCUT2D eigenvalue weighted by molar-refractivity contribution is -0.0234. The molecule has 3 heteroatoms. The molecule has 104 valence electrons. The number of aliphatic hydroxyl groups excluding tert-OH is 1. The minimum absolute atomic E-state index is 0.0977. The summed E-state index contributed by atoms with van der Waals surface area (Å²) in [6, 6.07) is 2.15. The summed E-state index contributed by atoms with van der Waals surface area (Å²) in [6.07, 6.45) is 2.54. The molecule has 18 heavy (non-hydrogen) atoms. The maximum Gasteiger partial charge on any atom is 0.0724 e. The van der Waals surface area contributed by atoms with E-state index in [1.54, 1.807) is 11.3 Å². The smallest absolute Gasteiger partial charge is 0.0724 e. The van der Waals surface area contributed by atoms with Crippen LogP contribution in [0, 0.1) is 0 Å². The van der Waals surface area contributed by atoms with Crippen molar-refractivity contribution in [2.45, 2.75) is 58.6 Å². The summed E-state index contributed by atoms with van der Waals surface area (Å²) in [6.45, 7) is 10.7. The molecule has 0 radical (unpaired) electrons. The van der Waals surface area contributed by atoms with Gasteiger partial charge < -0.3 is 5.11 Å². The highest BCUT2D eigenvalue weighted by molar-refractivity contribution is 7.07. The molecule has 1 aromatic heterocycles. The van der Waals surface area contributed by atoms with Crippen LogP contribution >= 0.6 is 11.3 Å². The third-order valence-corrected chi connectivity index (χ3v) is 4.94. The molecule has 0 spiro atoms. The van der Waals surface area contributed by atoms with Crippen molar-refractivity contribution in [1.29, 1.82) is 0 Å². The molecule has 0 aliphatic carbocycles. The number of thiophene rings is 1. The van der Waals surface area contributed by atoms with Gasteiger partial charge in [0.15, 0.2) is 0 Å². The predicted molar refractivity (Wildman–Crippen MR) is 80.3 cm³/mol. The monoisotopic (exact) mass is 269 g/mol. The van der Waals surface area contributed by atoms with Gasteiger partial charge in [0.2, 0.25) is 0 Å². The third-order valence-electron chi connectivity index (χ3n) is 4.21. The van der Waals surface area contributed by atoms with Gasteiger partial charge in [0.05, 0.1) is 6.10 Å². The van der Waals surface area contributed by atoms with Gasteiger partial charge in [-0.3, -0.25) is 4.90 Å². The Morgan fingerprint density at radius 1 is 1.33 bits per heavy atom. The van der Waals surface area contributed by atoms with Crippen molar-refractivity contribution in [1.82, 2.24) is 4.90 Å². The molecule has 0 bridgehead atoms. The maximum atomic E-state index is 10.6. The number of rotatable bonds is 8. The molecule has 1 rings (SSSR count). The second-order valence-electron chi connectivity index (χ2n) is 5.07. The predicted octanol–water partition coefficient (Wildman–Crippen LogP) is 3.55.